The second-order valence-corrected chi connectivity index (χ2v) is 5.57. The average Bonchev–Trinajstić information content (AvgIpc) is 2.35. The van der Waals surface area contributed by atoms with Gasteiger partial charge in [-0.05, 0) is 38.5 Å². The monoisotopic (exact) mass is 295 g/mol. The molecular weight excluding hydrogens is 274 g/mol. The lowest BCUT2D eigenvalue weighted by Gasteiger charge is -2.23. The maximum atomic E-state index is 11.8. The lowest BCUT2D eigenvalue weighted by atomic mass is 10.0. The fourth-order valence-corrected chi connectivity index (χ4v) is 1.71. The van der Waals surface area contributed by atoms with Gasteiger partial charge >= 0.3 is 12.1 Å². The molecule has 0 fully saturated rings. The topological polar surface area (TPSA) is 84.9 Å². The lowest BCUT2D eigenvalue weighted by Crippen LogP contribution is -2.35. The Bertz CT molecular complexity index is 490. The number of hydrogen-bond donors (Lipinski definition) is 2. The molecule has 0 spiro atoms. The van der Waals surface area contributed by atoms with Crippen LogP contribution in [-0.4, -0.2) is 29.9 Å². The van der Waals surface area contributed by atoms with Gasteiger partial charge in [-0.15, -0.1) is 0 Å². The molecule has 1 aromatic rings. The number of rotatable bonds is 5. The molecule has 0 saturated heterocycles. The molecule has 0 aliphatic carbocycles. The largest absolute Gasteiger partial charge is 0.497 e. The molecule has 1 aromatic carbocycles. The third-order valence-electron chi connectivity index (χ3n) is 2.59. The molecule has 0 aromatic heterocycles. The van der Waals surface area contributed by atoms with Crippen LogP contribution in [0.5, 0.6) is 5.75 Å². The van der Waals surface area contributed by atoms with E-state index in [4.69, 9.17) is 14.6 Å². The predicted molar refractivity (Wildman–Crippen MR) is 77.4 cm³/mol. The zero-order chi connectivity index (χ0) is 16.0. The van der Waals surface area contributed by atoms with Crippen molar-refractivity contribution in [2.24, 2.45) is 0 Å². The summed E-state index contributed by atoms with van der Waals surface area (Å²) in [6.07, 6.45) is -0.879. The van der Waals surface area contributed by atoms with Crippen LogP contribution in [-0.2, 0) is 9.53 Å². The van der Waals surface area contributed by atoms with Crippen LogP contribution in [0.25, 0.3) is 0 Å². The standard InChI is InChI=1S/C15H21NO5/c1-15(2,3)21-14(19)16-12(9-13(17)18)10-5-7-11(20-4)8-6-10/h5-8,12H,9H2,1-4H3,(H,16,19)(H,17,18)/t12-/m1/s1. The van der Waals surface area contributed by atoms with Gasteiger partial charge in [0.15, 0.2) is 0 Å². The van der Waals surface area contributed by atoms with E-state index in [9.17, 15) is 9.59 Å². The number of methoxy groups -OCH3 is 1. The molecule has 1 rings (SSSR count). The van der Waals surface area contributed by atoms with Crippen LogP contribution < -0.4 is 10.1 Å². The van der Waals surface area contributed by atoms with E-state index >= 15 is 0 Å². The number of carbonyl (C=O) groups excluding carboxylic acids is 1. The summed E-state index contributed by atoms with van der Waals surface area (Å²) in [5.41, 5.74) is 0.0293. The summed E-state index contributed by atoms with van der Waals surface area (Å²) < 4.78 is 10.2. The van der Waals surface area contributed by atoms with Gasteiger partial charge < -0.3 is 19.9 Å². The molecule has 0 bridgehead atoms. The van der Waals surface area contributed by atoms with E-state index in [1.807, 2.05) is 0 Å². The number of carboxylic acids is 1. The smallest absolute Gasteiger partial charge is 0.408 e. The van der Waals surface area contributed by atoms with E-state index in [2.05, 4.69) is 5.32 Å². The van der Waals surface area contributed by atoms with Crippen molar-refractivity contribution in [1.29, 1.82) is 0 Å². The first-order valence-electron chi connectivity index (χ1n) is 6.56. The predicted octanol–water partition coefficient (Wildman–Crippen LogP) is 2.74. The summed E-state index contributed by atoms with van der Waals surface area (Å²) in [6, 6.07) is 6.18. The highest BCUT2D eigenvalue weighted by atomic mass is 16.6. The Morgan fingerprint density at radius 1 is 1.24 bits per heavy atom. The van der Waals surface area contributed by atoms with Gasteiger partial charge in [0.25, 0.3) is 0 Å². The molecule has 6 nitrogen and oxygen atoms in total. The lowest BCUT2D eigenvalue weighted by molar-refractivity contribution is -0.137. The van der Waals surface area contributed by atoms with Crippen molar-refractivity contribution in [2.75, 3.05) is 7.11 Å². The highest BCUT2D eigenvalue weighted by molar-refractivity contribution is 5.72. The number of carbonyl (C=O) groups is 2. The van der Waals surface area contributed by atoms with Gasteiger partial charge in [-0.2, -0.15) is 0 Å². The first-order valence-corrected chi connectivity index (χ1v) is 6.56. The zero-order valence-electron chi connectivity index (χ0n) is 12.7. The van der Waals surface area contributed by atoms with Crippen LogP contribution in [0, 0.1) is 0 Å². The molecule has 6 heteroatoms. The number of nitrogens with one attached hydrogen (secondary N) is 1. The van der Waals surface area contributed by atoms with E-state index in [0.717, 1.165) is 0 Å². The second kappa shape index (κ2) is 6.97. The van der Waals surface area contributed by atoms with Gasteiger partial charge in [0.05, 0.1) is 19.6 Å². The summed E-state index contributed by atoms with van der Waals surface area (Å²) in [5.74, 6) is -0.350. The molecule has 21 heavy (non-hydrogen) atoms. The summed E-state index contributed by atoms with van der Waals surface area (Å²) in [6.45, 7) is 5.23. The van der Waals surface area contributed by atoms with Gasteiger partial charge in [0, 0.05) is 0 Å². The van der Waals surface area contributed by atoms with Crippen molar-refractivity contribution < 1.29 is 24.2 Å². The fraction of sp³-hybridized carbons (Fsp3) is 0.467. The van der Waals surface area contributed by atoms with Crippen molar-refractivity contribution in [2.45, 2.75) is 38.8 Å². The molecule has 0 heterocycles. The van der Waals surface area contributed by atoms with E-state index in [-0.39, 0.29) is 6.42 Å². The average molecular weight is 295 g/mol. The van der Waals surface area contributed by atoms with Gasteiger partial charge in [-0.1, -0.05) is 12.1 Å². The Kier molecular flexibility index (Phi) is 5.58. The maximum absolute atomic E-state index is 11.8. The van der Waals surface area contributed by atoms with E-state index in [1.54, 1.807) is 52.1 Å². The molecule has 116 valence electrons. The number of hydrogen-bond acceptors (Lipinski definition) is 4. The fourth-order valence-electron chi connectivity index (χ4n) is 1.71. The first-order chi connectivity index (χ1) is 9.71. The summed E-state index contributed by atoms with van der Waals surface area (Å²) >= 11 is 0. The van der Waals surface area contributed by atoms with Crippen molar-refractivity contribution in [3.8, 4) is 5.75 Å². The first kappa shape index (κ1) is 16.8. The van der Waals surface area contributed by atoms with Crippen LogP contribution in [0.2, 0.25) is 0 Å². The highest BCUT2D eigenvalue weighted by Gasteiger charge is 2.22. The number of alkyl carbamates (subject to hydrolysis) is 1. The molecule has 2 N–H and O–H groups in total. The van der Waals surface area contributed by atoms with Gasteiger partial charge in [0.2, 0.25) is 0 Å². The Balaban J connectivity index is 2.84. The minimum atomic E-state index is -1.01. The molecule has 0 saturated carbocycles. The van der Waals surface area contributed by atoms with Crippen LogP contribution in [0.4, 0.5) is 4.79 Å². The van der Waals surface area contributed by atoms with E-state index in [0.29, 0.717) is 11.3 Å². The van der Waals surface area contributed by atoms with Gasteiger partial charge in [-0.3, -0.25) is 4.79 Å². The molecule has 1 amide bonds. The van der Waals surface area contributed by atoms with Crippen LogP contribution >= 0.6 is 0 Å². The number of ether oxygens (including phenoxy) is 2. The Labute approximate surface area is 124 Å². The quantitative estimate of drug-likeness (QED) is 0.872. The van der Waals surface area contributed by atoms with E-state index in [1.165, 1.54) is 0 Å². The molecule has 0 aliphatic heterocycles. The van der Waals surface area contributed by atoms with Crippen molar-refractivity contribution in [1.82, 2.24) is 5.32 Å². The van der Waals surface area contributed by atoms with Crippen molar-refractivity contribution in [3.63, 3.8) is 0 Å². The summed E-state index contributed by atoms with van der Waals surface area (Å²) in [7, 11) is 1.54. The maximum Gasteiger partial charge on any atom is 0.408 e. The summed E-state index contributed by atoms with van der Waals surface area (Å²) in [4.78, 5) is 22.8. The van der Waals surface area contributed by atoms with Gasteiger partial charge in [-0.25, -0.2) is 4.79 Å². The highest BCUT2D eigenvalue weighted by Crippen LogP contribution is 2.21. The third-order valence-corrected chi connectivity index (χ3v) is 2.59. The Morgan fingerprint density at radius 3 is 2.24 bits per heavy atom. The number of carboxylic acid groups (broad SMARTS) is 1. The Hall–Kier alpha value is -2.24. The molecule has 0 aliphatic rings. The van der Waals surface area contributed by atoms with Crippen LogP contribution in [0.1, 0.15) is 38.8 Å². The third kappa shape index (κ3) is 6.16. The number of aliphatic carboxylic acids is 1. The summed E-state index contributed by atoms with van der Waals surface area (Å²) in [5, 5.41) is 11.6. The normalized spacial score (nSPS) is 12.4. The van der Waals surface area contributed by atoms with E-state index < -0.39 is 23.7 Å². The second-order valence-electron chi connectivity index (χ2n) is 5.57. The molecule has 0 radical (unpaired) electrons. The van der Waals surface area contributed by atoms with Crippen molar-refractivity contribution in [3.05, 3.63) is 29.8 Å². The number of amides is 1. The number of benzene rings is 1. The van der Waals surface area contributed by atoms with Crippen LogP contribution in [0.3, 0.4) is 0 Å². The Morgan fingerprint density at radius 2 is 1.81 bits per heavy atom. The SMILES string of the molecule is COc1ccc([C@@H](CC(=O)O)NC(=O)OC(C)(C)C)cc1. The van der Waals surface area contributed by atoms with Crippen molar-refractivity contribution >= 4 is 12.1 Å². The minimum absolute atomic E-state index is 0.231. The molecule has 1 atom stereocenters. The molecular formula is C15H21NO5. The molecule has 0 unspecified atom stereocenters. The minimum Gasteiger partial charge on any atom is -0.497 e. The van der Waals surface area contributed by atoms with Crippen LogP contribution in [0.15, 0.2) is 24.3 Å². The zero-order valence-corrected chi connectivity index (χ0v) is 12.7. The van der Waals surface area contributed by atoms with Gasteiger partial charge in [0.1, 0.15) is 11.4 Å².